The van der Waals surface area contributed by atoms with Gasteiger partial charge in [0.05, 0.1) is 0 Å². The molecule has 3 N–H and O–H groups in total. The largest absolute Gasteiger partial charge is 0.328 e. The maximum atomic E-state index is 5.99. The molecule has 0 heterocycles. The van der Waals surface area contributed by atoms with Crippen LogP contribution < -0.4 is 11.1 Å². The van der Waals surface area contributed by atoms with Crippen molar-refractivity contribution < 1.29 is 0 Å². The maximum Gasteiger partial charge on any atom is 0.00926 e. The molecule has 0 spiro atoms. The normalized spacial score (nSPS) is 19.1. The first-order chi connectivity index (χ1) is 7.92. The van der Waals surface area contributed by atoms with Crippen LogP contribution in [0.2, 0.25) is 0 Å². The zero-order valence-electron chi connectivity index (χ0n) is 12.8. The molecule has 0 aliphatic carbocycles. The van der Waals surface area contributed by atoms with Crippen molar-refractivity contribution in [3.05, 3.63) is 0 Å². The monoisotopic (exact) mass is 242 g/mol. The zero-order chi connectivity index (χ0) is 13.4. The highest BCUT2D eigenvalue weighted by Crippen LogP contribution is 2.17. The SMILES string of the molecule is CCC(N)CC(C)CNC(CC)C(C)C(C)C. The van der Waals surface area contributed by atoms with E-state index in [2.05, 4.69) is 46.9 Å². The molecular formula is C15H34N2. The van der Waals surface area contributed by atoms with Crippen LogP contribution in [0.4, 0.5) is 0 Å². The van der Waals surface area contributed by atoms with Gasteiger partial charge in [0, 0.05) is 12.1 Å². The van der Waals surface area contributed by atoms with E-state index in [-0.39, 0.29) is 0 Å². The molecule has 0 aromatic rings. The van der Waals surface area contributed by atoms with Gasteiger partial charge in [-0.05, 0) is 43.6 Å². The lowest BCUT2D eigenvalue weighted by atomic mass is 9.88. The number of nitrogens with one attached hydrogen (secondary N) is 1. The van der Waals surface area contributed by atoms with E-state index in [1.165, 1.54) is 6.42 Å². The summed E-state index contributed by atoms with van der Waals surface area (Å²) in [5, 5.41) is 3.72. The molecule has 2 heteroatoms. The van der Waals surface area contributed by atoms with Gasteiger partial charge < -0.3 is 11.1 Å². The minimum absolute atomic E-state index is 0.370. The van der Waals surface area contributed by atoms with Gasteiger partial charge in [-0.15, -0.1) is 0 Å². The molecule has 0 aliphatic rings. The summed E-state index contributed by atoms with van der Waals surface area (Å²) in [6.07, 6.45) is 3.44. The molecule has 0 saturated heterocycles. The summed E-state index contributed by atoms with van der Waals surface area (Å²) in [4.78, 5) is 0. The van der Waals surface area contributed by atoms with Gasteiger partial charge in [0.2, 0.25) is 0 Å². The second-order valence-corrected chi connectivity index (χ2v) is 6.04. The first kappa shape index (κ1) is 16.9. The Balaban J connectivity index is 3.97. The molecule has 0 rings (SSSR count). The maximum absolute atomic E-state index is 5.99. The minimum atomic E-state index is 0.370. The quantitative estimate of drug-likeness (QED) is 0.650. The summed E-state index contributed by atoms with van der Waals surface area (Å²) in [6.45, 7) is 14.8. The summed E-state index contributed by atoms with van der Waals surface area (Å²) in [5.74, 6) is 2.17. The van der Waals surface area contributed by atoms with E-state index >= 15 is 0 Å². The van der Waals surface area contributed by atoms with Gasteiger partial charge in [-0.3, -0.25) is 0 Å². The first-order valence-electron chi connectivity index (χ1n) is 7.41. The van der Waals surface area contributed by atoms with Crippen LogP contribution in [0.25, 0.3) is 0 Å². The lowest BCUT2D eigenvalue weighted by molar-refractivity contribution is 0.276. The van der Waals surface area contributed by atoms with Crippen molar-refractivity contribution in [2.24, 2.45) is 23.5 Å². The van der Waals surface area contributed by atoms with E-state index < -0.39 is 0 Å². The third-order valence-corrected chi connectivity index (χ3v) is 4.08. The van der Waals surface area contributed by atoms with Crippen LogP contribution in [0.5, 0.6) is 0 Å². The Kier molecular flexibility index (Phi) is 8.89. The number of rotatable bonds is 9. The van der Waals surface area contributed by atoms with Crippen molar-refractivity contribution >= 4 is 0 Å². The molecule has 0 aromatic heterocycles. The van der Waals surface area contributed by atoms with Crippen molar-refractivity contribution in [1.29, 1.82) is 0 Å². The van der Waals surface area contributed by atoms with E-state index in [9.17, 15) is 0 Å². The van der Waals surface area contributed by atoms with Crippen molar-refractivity contribution in [2.75, 3.05) is 6.54 Å². The van der Waals surface area contributed by atoms with Gasteiger partial charge in [-0.25, -0.2) is 0 Å². The number of hydrogen-bond acceptors (Lipinski definition) is 2. The van der Waals surface area contributed by atoms with Crippen LogP contribution in [-0.2, 0) is 0 Å². The number of hydrogen-bond donors (Lipinski definition) is 2. The average molecular weight is 242 g/mol. The van der Waals surface area contributed by atoms with Gasteiger partial charge in [-0.1, -0.05) is 41.5 Å². The molecule has 0 bridgehead atoms. The van der Waals surface area contributed by atoms with Crippen molar-refractivity contribution in [3.8, 4) is 0 Å². The topological polar surface area (TPSA) is 38.0 Å². The molecule has 4 atom stereocenters. The van der Waals surface area contributed by atoms with Crippen LogP contribution in [0.1, 0.15) is 60.8 Å². The fourth-order valence-corrected chi connectivity index (χ4v) is 2.29. The summed E-state index contributed by atoms with van der Waals surface area (Å²) in [7, 11) is 0. The highest BCUT2D eigenvalue weighted by Gasteiger charge is 2.18. The Morgan fingerprint density at radius 1 is 1.00 bits per heavy atom. The van der Waals surface area contributed by atoms with Gasteiger partial charge in [0.15, 0.2) is 0 Å². The number of nitrogens with two attached hydrogens (primary N) is 1. The fourth-order valence-electron chi connectivity index (χ4n) is 2.29. The molecule has 104 valence electrons. The van der Waals surface area contributed by atoms with Crippen LogP contribution in [-0.4, -0.2) is 18.6 Å². The van der Waals surface area contributed by atoms with Crippen LogP contribution in [0.3, 0.4) is 0 Å². The Morgan fingerprint density at radius 3 is 2.00 bits per heavy atom. The zero-order valence-corrected chi connectivity index (χ0v) is 12.8. The molecule has 2 nitrogen and oxygen atoms in total. The van der Waals surface area contributed by atoms with E-state index in [4.69, 9.17) is 5.73 Å². The Bertz CT molecular complexity index is 180. The predicted molar refractivity (Wildman–Crippen MR) is 78.1 cm³/mol. The van der Waals surface area contributed by atoms with Gasteiger partial charge in [0.25, 0.3) is 0 Å². The Morgan fingerprint density at radius 2 is 1.59 bits per heavy atom. The van der Waals surface area contributed by atoms with Crippen LogP contribution >= 0.6 is 0 Å². The van der Waals surface area contributed by atoms with E-state index in [1.54, 1.807) is 0 Å². The third kappa shape index (κ3) is 7.05. The van der Waals surface area contributed by atoms with Gasteiger partial charge >= 0.3 is 0 Å². The van der Waals surface area contributed by atoms with E-state index in [1.807, 2.05) is 0 Å². The molecule has 0 radical (unpaired) electrons. The highest BCUT2D eigenvalue weighted by molar-refractivity contribution is 4.76. The summed E-state index contributed by atoms with van der Waals surface area (Å²) >= 11 is 0. The van der Waals surface area contributed by atoms with E-state index in [0.717, 1.165) is 31.2 Å². The Labute approximate surface area is 109 Å². The molecule has 17 heavy (non-hydrogen) atoms. The van der Waals surface area contributed by atoms with Gasteiger partial charge in [0.1, 0.15) is 0 Å². The predicted octanol–water partition coefficient (Wildman–Crippen LogP) is 3.41. The molecule has 0 saturated carbocycles. The molecule has 0 aliphatic heterocycles. The average Bonchev–Trinajstić information content (AvgIpc) is 2.29. The first-order valence-corrected chi connectivity index (χ1v) is 7.41. The molecule has 0 amide bonds. The molecule has 4 unspecified atom stereocenters. The second-order valence-electron chi connectivity index (χ2n) is 6.04. The van der Waals surface area contributed by atoms with Gasteiger partial charge in [-0.2, -0.15) is 0 Å². The summed E-state index contributed by atoms with van der Waals surface area (Å²) in [5.41, 5.74) is 5.99. The second kappa shape index (κ2) is 8.93. The van der Waals surface area contributed by atoms with Crippen LogP contribution in [0.15, 0.2) is 0 Å². The standard InChI is InChI=1S/C15H34N2/c1-7-14(16)9-12(5)10-17-15(8-2)13(6)11(3)4/h11-15,17H,7-10,16H2,1-6H3. The minimum Gasteiger partial charge on any atom is -0.328 e. The summed E-state index contributed by atoms with van der Waals surface area (Å²) in [6, 6.07) is 1.02. The van der Waals surface area contributed by atoms with Crippen molar-refractivity contribution in [1.82, 2.24) is 5.32 Å². The lowest BCUT2D eigenvalue weighted by Crippen LogP contribution is -2.40. The van der Waals surface area contributed by atoms with Crippen LogP contribution in [0, 0.1) is 17.8 Å². The van der Waals surface area contributed by atoms with Crippen molar-refractivity contribution in [2.45, 2.75) is 72.9 Å². The third-order valence-electron chi connectivity index (χ3n) is 4.08. The summed E-state index contributed by atoms with van der Waals surface area (Å²) < 4.78 is 0. The molecular weight excluding hydrogens is 208 g/mol. The highest BCUT2D eigenvalue weighted by atomic mass is 14.9. The molecule has 0 aromatic carbocycles. The lowest BCUT2D eigenvalue weighted by Gasteiger charge is -2.28. The van der Waals surface area contributed by atoms with E-state index in [0.29, 0.717) is 18.0 Å². The fraction of sp³-hybridized carbons (Fsp3) is 1.00. The molecule has 0 fully saturated rings. The Hall–Kier alpha value is -0.0800. The van der Waals surface area contributed by atoms with Crippen molar-refractivity contribution in [3.63, 3.8) is 0 Å². The smallest absolute Gasteiger partial charge is 0.00926 e.